The Bertz CT molecular complexity index is 1160. The zero-order chi connectivity index (χ0) is 20.9. The van der Waals surface area contributed by atoms with E-state index in [0.29, 0.717) is 22.2 Å². The maximum atomic E-state index is 12.7. The molecule has 0 aliphatic heterocycles. The number of halogens is 1. The maximum absolute atomic E-state index is 12.7. The Morgan fingerprint density at radius 1 is 1.00 bits per heavy atom. The highest BCUT2D eigenvalue weighted by Gasteiger charge is 2.20. The third-order valence-electron chi connectivity index (χ3n) is 4.42. The van der Waals surface area contributed by atoms with Crippen molar-refractivity contribution >= 4 is 17.6 Å². The number of ether oxygens (including phenoxy) is 2. The van der Waals surface area contributed by atoms with Gasteiger partial charge in [0.25, 0.3) is 0 Å². The van der Waals surface area contributed by atoms with Crippen LogP contribution in [0, 0.1) is 6.92 Å². The first kappa shape index (κ1) is 19.7. The average Bonchev–Trinajstić information content (AvgIpc) is 3.07. The highest BCUT2D eigenvalue weighted by atomic mass is 35.5. The van der Waals surface area contributed by atoms with Gasteiger partial charge in [-0.15, -0.1) is 0 Å². The van der Waals surface area contributed by atoms with Gasteiger partial charge in [-0.25, -0.2) is 14.5 Å². The topological polar surface area (TPSA) is 66.2 Å². The number of carbonyl (C=O) groups excluding carboxylic acids is 1. The van der Waals surface area contributed by atoms with Crippen molar-refractivity contribution in [2.24, 2.45) is 0 Å². The van der Waals surface area contributed by atoms with Crippen LogP contribution in [0.25, 0.3) is 5.69 Å². The van der Waals surface area contributed by atoms with E-state index in [2.05, 4.69) is 10.1 Å². The minimum atomic E-state index is -0.558. The standard InChI is InChI=1S/C23H18ClN3O3/c1-16-20(21(24)27(26-16)17-9-4-2-5-10-17)15-29-23(28)19-13-8-14-25-22(19)30-18-11-6-3-7-12-18/h2-14H,15H2,1H3. The van der Waals surface area contributed by atoms with Gasteiger partial charge in [-0.05, 0) is 43.3 Å². The van der Waals surface area contributed by atoms with Crippen LogP contribution in [0.4, 0.5) is 0 Å². The van der Waals surface area contributed by atoms with Gasteiger partial charge in [0, 0.05) is 11.8 Å². The molecule has 30 heavy (non-hydrogen) atoms. The van der Waals surface area contributed by atoms with Crippen molar-refractivity contribution in [2.75, 3.05) is 0 Å². The molecule has 0 aliphatic rings. The molecule has 4 aromatic rings. The van der Waals surface area contributed by atoms with Crippen LogP contribution >= 0.6 is 11.6 Å². The number of rotatable bonds is 6. The van der Waals surface area contributed by atoms with E-state index >= 15 is 0 Å². The Morgan fingerprint density at radius 3 is 2.43 bits per heavy atom. The van der Waals surface area contributed by atoms with E-state index < -0.39 is 5.97 Å². The molecule has 0 saturated carbocycles. The third-order valence-corrected chi connectivity index (χ3v) is 4.81. The van der Waals surface area contributed by atoms with Gasteiger partial charge in [0.1, 0.15) is 23.1 Å². The molecule has 150 valence electrons. The molecule has 0 aliphatic carbocycles. The second-order valence-electron chi connectivity index (χ2n) is 6.45. The number of aromatic nitrogens is 3. The lowest BCUT2D eigenvalue weighted by Gasteiger charge is -2.10. The molecule has 0 unspecified atom stereocenters. The van der Waals surface area contributed by atoms with Gasteiger partial charge < -0.3 is 9.47 Å². The van der Waals surface area contributed by atoms with Gasteiger partial charge in [-0.3, -0.25) is 0 Å². The Labute approximate surface area is 178 Å². The maximum Gasteiger partial charge on any atom is 0.344 e. The smallest absolute Gasteiger partial charge is 0.344 e. The molecular weight excluding hydrogens is 402 g/mol. The van der Waals surface area contributed by atoms with Crippen LogP contribution in [0.1, 0.15) is 21.6 Å². The van der Waals surface area contributed by atoms with E-state index in [9.17, 15) is 4.79 Å². The third kappa shape index (κ3) is 4.18. The molecule has 0 saturated heterocycles. The van der Waals surface area contributed by atoms with Crippen LogP contribution in [0.5, 0.6) is 11.6 Å². The van der Waals surface area contributed by atoms with Crippen LogP contribution in [-0.4, -0.2) is 20.7 Å². The van der Waals surface area contributed by atoms with Crippen LogP contribution in [-0.2, 0) is 11.3 Å². The first-order valence-electron chi connectivity index (χ1n) is 9.28. The summed E-state index contributed by atoms with van der Waals surface area (Å²) in [4.78, 5) is 16.9. The first-order chi connectivity index (χ1) is 14.6. The molecule has 0 fully saturated rings. The highest BCUT2D eigenvalue weighted by Crippen LogP contribution is 2.26. The summed E-state index contributed by atoms with van der Waals surface area (Å²) in [6, 6.07) is 21.9. The van der Waals surface area contributed by atoms with Gasteiger partial charge in [0.2, 0.25) is 5.88 Å². The van der Waals surface area contributed by atoms with Crippen molar-refractivity contribution in [1.29, 1.82) is 0 Å². The Kier molecular flexibility index (Phi) is 5.77. The summed E-state index contributed by atoms with van der Waals surface area (Å²) < 4.78 is 12.9. The molecule has 7 heteroatoms. The predicted molar refractivity (Wildman–Crippen MR) is 113 cm³/mol. The number of nitrogens with zero attached hydrogens (tertiary/aromatic N) is 3. The van der Waals surface area contributed by atoms with Crippen molar-refractivity contribution < 1.29 is 14.3 Å². The van der Waals surface area contributed by atoms with E-state index in [1.54, 1.807) is 35.1 Å². The summed E-state index contributed by atoms with van der Waals surface area (Å²) >= 11 is 6.50. The van der Waals surface area contributed by atoms with Crippen LogP contribution in [0.2, 0.25) is 5.15 Å². The first-order valence-corrected chi connectivity index (χ1v) is 9.66. The molecule has 0 bridgehead atoms. The van der Waals surface area contributed by atoms with Crippen LogP contribution in [0.3, 0.4) is 0 Å². The number of esters is 1. The van der Waals surface area contributed by atoms with Crippen molar-refractivity contribution in [1.82, 2.24) is 14.8 Å². The average molecular weight is 420 g/mol. The highest BCUT2D eigenvalue weighted by molar-refractivity contribution is 6.30. The number of benzene rings is 2. The Hall–Kier alpha value is -3.64. The fraction of sp³-hybridized carbons (Fsp3) is 0.0870. The van der Waals surface area contributed by atoms with Gasteiger partial charge >= 0.3 is 5.97 Å². The van der Waals surface area contributed by atoms with Gasteiger partial charge in [-0.2, -0.15) is 5.10 Å². The molecule has 6 nitrogen and oxygen atoms in total. The predicted octanol–water partition coefficient (Wildman–Crippen LogP) is 5.38. The molecule has 2 heterocycles. The second kappa shape index (κ2) is 8.80. The van der Waals surface area contributed by atoms with E-state index in [0.717, 1.165) is 5.69 Å². The van der Waals surface area contributed by atoms with E-state index in [4.69, 9.17) is 21.1 Å². The molecule has 0 N–H and O–H groups in total. The van der Waals surface area contributed by atoms with Gasteiger partial charge in [0.05, 0.1) is 11.4 Å². The van der Waals surface area contributed by atoms with Crippen molar-refractivity contribution in [3.8, 4) is 17.3 Å². The van der Waals surface area contributed by atoms with E-state index in [1.165, 1.54) is 0 Å². The quantitative estimate of drug-likeness (QED) is 0.392. The lowest BCUT2D eigenvalue weighted by molar-refractivity contribution is 0.0468. The minimum absolute atomic E-state index is 0.0179. The number of hydrogen-bond donors (Lipinski definition) is 0. The molecule has 2 aromatic heterocycles. The van der Waals surface area contributed by atoms with Crippen molar-refractivity contribution in [2.45, 2.75) is 13.5 Å². The fourth-order valence-corrected chi connectivity index (χ4v) is 3.21. The Morgan fingerprint density at radius 2 is 1.70 bits per heavy atom. The zero-order valence-electron chi connectivity index (χ0n) is 16.2. The van der Waals surface area contributed by atoms with Crippen LogP contribution < -0.4 is 4.74 Å². The molecule has 0 atom stereocenters. The summed E-state index contributed by atoms with van der Waals surface area (Å²) in [5.41, 5.74) is 2.38. The lowest BCUT2D eigenvalue weighted by atomic mass is 10.2. The summed E-state index contributed by atoms with van der Waals surface area (Å²) in [5, 5.41) is 4.86. The van der Waals surface area contributed by atoms with Gasteiger partial charge in [0.15, 0.2) is 0 Å². The van der Waals surface area contributed by atoms with Crippen LogP contribution in [0.15, 0.2) is 79.0 Å². The van der Waals surface area contributed by atoms with Crippen molar-refractivity contribution in [3.05, 3.63) is 101 Å². The molecule has 0 amide bonds. The second-order valence-corrected chi connectivity index (χ2v) is 6.81. The SMILES string of the molecule is Cc1nn(-c2ccccc2)c(Cl)c1COC(=O)c1cccnc1Oc1ccccc1. The normalized spacial score (nSPS) is 10.6. The molecule has 0 radical (unpaired) electrons. The lowest BCUT2D eigenvalue weighted by Crippen LogP contribution is -2.08. The molecule has 2 aromatic carbocycles. The number of pyridine rings is 1. The van der Waals surface area contributed by atoms with E-state index in [1.807, 2.05) is 55.5 Å². The number of carbonyl (C=O) groups is 1. The molecule has 4 rings (SSSR count). The summed E-state index contributed by atoms with van der Waals surface area (Å²) in [6.07, 6.45) is 1.56. The minimum Gasteiger partial charge on any atom is -0.457 e. The number of aryl methyl sites for hydroxylation is 1. The molecule has 0 spiro atoms. The molecular formula is C23H18ClN3O3. The zero-order valence-corrected chi connectivity index (χ0v) is 16.9. The van der Waals surface area contributed by atoms with Crippen molar-refractivity contribution in [3.63, 3.8) is 0 Å². The number of para-hydroxylation sites is 2. The van der Waals surface area contributed by atoms with Gasteiger partial charge in [-0.1, -0.05) is 48.0 Å². The van der Waals surface area contributed by atoms with E-state index in [-0.39, 0.29) is 18.1 Å². The Balaban J connectivity index is 1.52. The largest absolute Gasteiger partial charge is 0.457 e. The summed E-state index contributed by atoms with van der Waals surface area (Å²) in [6.45, 7) is 1.80. The summed E-state index contributed by atoms with van der Waals surface area (Å²) in [5.74, 6) is 0.196. The monoisotopic (exact) mass is 419 g/mol. The fourth-order valence-electron chi connectivity index (χ4n) is 2.88. The number of hydrogen-bond acceptors (Lipinski definition) is 5. The summed E-state index contributed by atoms with van der Waals surface area (Å²) in [7, 11) is 0.